The van der Waals surface area contributed by atoms with Crippen LogP contribution in [0.15, 0.2) is 61.1 Å². The van der Waals surface area contributed by atoms with Gasteiger partial charge in [0.05, 0.1) is 22.6 Å². The number of pyridine rings is 2. The molecule has 1 saturated carbocycles. The molecule has 0 bridgehead atoms. The number of hydrogen-bond acceptors (Lipinski definition) is 4. The lowest BCUT2D eigenvalue weighted by Crippen LogP contribution is -2.05. The van der Waals surface area contributed by atoms with Gasteiger partial charge in [-0.3, -0.25) is 9.97 Å². The van der Waals surface area contributed by atoms with Crippen LogP contribution in [0.2, 0.25) is 0 Å². The highest BCUT2D eigenvalue weighted by atomic mass is 16.4. The van der Waals surface area contributed by atoms with Gasteiger partial charge in [-0.05, 0) is 60.7 Å². The largest absolute Gasteiger partial charge is 0.478 e. The Kier molecular flexibility index (Phi) is 3.90. The normalized spacial score (nSPS) is 13.4. The molecular formula is C20H17N3O2. The SMILES string of the molecule is O=C(O)c1cc(C2CC2)ccc1Nc1cccnc1-c1cccnc1. The molecule has 1 aliphatic carbocycles. The van der Waals surface area contributed by atoms with E-state index < -0.39 is 5.97 Å². The number of aromatic carboxylic acids is 1. The lowest BCUT2D eigenvalue weighted by molar-refractivity contribution is 0.0698. The van der Waals surface area contributed by atoms with Crippen molar-refractivity contribution in [2.24, 2.45) is 0 Å². The zero-order valence-corrected chi connectivity index (χ0v) is 13.5. The summed E-state index contributed by atoms with van der Waals surface area (Å²) in [5, 5.41) is 12.8. The van der Waals surface area contributed by atoms with E-state index in [-0.39, 0.29) is 5.56 Å². The lowest BCUT2D eigenvalue weighted by Gasteiger charge is -2.14. The summed E-state index contributed by atoms with van der Waals surface area (Å²) in [5.74, 6) is -0.423. The fourth-order valence-corrected chi connectivity index (χ4v) is 2.90. The summed E-state index contributed by atoms with van der Waals surface area (Å²) in [4.78, 5) is 20.3. The highest BCUT2D eigenvalue weighted by Gasteiger charge is 2.25. The maximum Gasteiger partial charge on any atom is 0.337 e. The minimum Gasteiger partial charge on any atom is -0.478 e. The first-order chi connectivity index (χ1) is 12.2. The van der Waals surface area contributed by atoms with E-state index in [1.165, 1.54) is 0 Å². The number of carboxylic acid groups (broad SMARTS) is 1. The van der Waals surface area contributed by atoms with E-state index in [1.54, 1.807) is 24.7 Å². The Hall–Kier alpha value is -3.21. The van der Waals surface area contributed by atoms with Crippen LogP contribution in [0, 0.1) is 0 Å². The van der Waals surface area contributed by atoms with E-state index in [9.17, 15) is 9.90 Å². The second kappa shape index (κ2) is 6.36. The third kappa shape index (κ3) is 3.21. The van der Waals surface area contributed by atoms with Crippen molar-refractivity contribution in [2.45, 2.75) is 18.8 Å². The Morgan fingerprint density at radius 1 is 1.08 bits per heavy atom. The molecule has 4 rings (SSSR count). The molecule has 1 aromatic carbocycles. The summed E-state index contributed by atoms with van der Waals surface area (Å²) in [6, 6.07) is 13.1. The lowest BCUT2D eigenvalue weighted by atomic mass is 10.0. The van der Waals surface area contributed by atoms with Gasteiger partial charge in [0.25, 0.3) is 0 Å². The zero-order valence-electron chi connectivity index (χ0n) is 13.5. The van der Waals surface area contributed by atoms with E-state index in [4.69, 9.17) is 0 Å². The summed E-state index contributed by atoms with van der Waals surface area (Å²) in [5.41, 5.74) is 4.30. The summed E-state index contributed by atoms with van der Waals surface area (Å²) < 4.78 is 0. The van der Waals surface area contributed by atoms with Gasteiger partial charge in [0.2, 0.25) is 0 Å². The Morgan fingerprint density at radius 3 is 2.64 bits per heavy atom. The molecule has 2 aromatic heterocycles. The number of carbonyl (C=O) groups is 1. The van der Waals surface area contributed by atoms with Gasteiger partial charge < -0.3 is 10.4 Å². The molecule has 25 heavy (non-hydrogen) atoms. The molecule has 0 unspecified atom stereocenters. The monoisotopic (exact) mass is 331 g/mol. The number of nitrogens with one attached hydrogen (secondary N) is 1. The van der Waals surface area contributed by atoms with E-state index in [0.29, 0.717) is 11.6 Å². The molecule has 2 N–H and O–H groups in total. The van der Waals surface area contributed by atoms with Gasteiger partial charge in [-0.2, -0.15) is 0 Å². The summed E-state index contributed by atoms with van der Waals surface area (Å²) in [6.07, 6.45) is 7.43. The van der Waals surface area contributed by atoms with Crippen LogP contribution in [0.4, 0.5) is 11.4 Å². The summed E-state index contributed by atoms with van der Waals surface area (Å²) in [7, 11) is 0. The zero-order chi connectivity index (χ0) is 17.2. The van der Waals surface area contributed by atoms with Gasteiger partial charge in [0, 0.05) is 24.2 Å². The number of rotatable bonds is 5. The van der Waals surface area contributed by atoms with Crippen molar-refractivity contribution < 1.29 is 9.90 Å². The van der Waals surface area contributed by atoms with Gasteiger partial charge >= 0.3 is 5.97 Å². The standard InChI is InChI=1S/C20H17N3O2/c24-20(25)16-11-14(13-5-6-13)7-8-17(16)23-18-4-2-10-22-19(18)15-3-1-9-21-12-15/h1-4,7-13,23H,5-6H2,(H,24,25). The molecule has 1 aliphatic rings. The van der Waals surface area contributed by atoms with Crippen LogP contribution in [0.25, 0.3) is 11.3 Å². The number of benzene rings is 1. The molecule has 0 spiro atoms. The molecule has 1 fully saturated rings. The van der Waals surface area contributed by atoms with Gasteiger partial charge in [-0.25, -0.2) is 4.79 Å². The molecule has 2 heterocycles. The van der Waals surface area contributed by atoms with Crippen molar-refractivity contribution in [3.05, 3.63) is 72.2 Å². The van der Waals surface area contributed by atoms with Crippen molar-refractivity contribution >= 4 is 17.3 Å². The average molecular weight is 331 g/mol. The van der Waals surface area contributed by atoms with Crippen molar-refractivity contribution in [1.82, 2.24) is 9.97 Å². The number of aromatic nitrogens is 2. The molecule has 5 heteroatoms. The minimum absolute atomic E-state index is 0.283. The molecule has 0 radical (unpaired) electrons. The number of hydrogen-bond donors (Lipinski definition) is 2. The minimum atomic E-state index is -0.934. The van der Waals surface area contributed by atoms with Crippen molar-refractivity contribution in [3.8, 4) is 11.3 Å². The van der Waals surface area contributed by atoms with Crippen LogP contribution >= 0.6 is 0 Å². The van der Waals surface area contributed by atoms with Crippen molar-refractivity contribution in [3.63, 3.8) is 0 Å². The summed E-state index contributed by atoms with van der Waals surface area (Å²) >= 11 is 0. The third-order valence-electron chi connectivity index (χ3n) is 4.33. The predicted octanol–water partition coefficient (Wildman–Crippen LogP) is 4.46. The molecule has 0 aliphatic heterocycles. The first-order valence-electron chi connectivity index (χ1n) is 8.22. The van der Waals surface area contributed by atoms with Crippen LogP contribution in [-0.2, 0) is 0 Å². The van der Waals surface area contributed by atoms with E-state index in [2.05, 4.69) is 15.3 Å². The smallest absolute Gasteiger partial charge is 0.337 e. The van der Waals surface area contributed by atoms with Gasteiger partial charge in [-0.1, -0.05) is 6.07 Å². The van der Waals surface area contributed by atoms with Crippen molar-refractivity contribution in [1.29, 1.82) is 0 Å². The Bertz CT molecular complexity index is 921. The molecule has 5 nitrogen and oxygen atoms in total. The van der Waals surface area contributed by atoms with E-state index in [0.717, 1.165) is 35.3 Å². The Balaban J connectivity index is 1.72. The molecule has 3 aromatic rings. The fraction of sp³-hybridized carbons (Fsp3) is 0.150. The first-order valence-corrected chi connectivity index (χ1v) is 8.22. The van der Waals surface area contributed by atoms with Gasteiger partial charge in [-0.15, -0.1) is 0 Å². The number of carboxylic acids is 1. The van der Waals surface area contributed by atoms with E-state index in [1.807, 2.05) is 36.4 Å². The highest BCUT2D eigenvalue weighted by molar-refractivity contribution is 5.96. The average Bonchev–Trinajstić information content (AvgIpc) is 3.48. The topological polar surface area (TPSA) is 75.1 Å². The first kappa shape index (κ1) is 15.3. The van der Waals surface area contributed by atoms with E-state index >= 15 is 0 Å². The molecule has 124 valence electrons. The van der Waals surface area contributed by atoms with Gasteiger partial charge in [0.15, 0.2) is 0 Å². The van der Waals surface area contributed by atoms with Crippen molar-refractivity contribution in [2.75, 3.05) is 5.32 Å². The molecule has 0 amide bonds. The van der Waals surface area contributed by atoms with Crippen LogP contribution in [0.3, 0.4) is 0 Å². The number of nitrogens with zero attached hydrogens (tertiary/aromatic N) is 2. The van der Waals surface area contributed by atoms with Crippen LogP contribution in [0.1, 0.15) is 34.7 Å². The second-order valence-corrected chi connectivity index (χ2v) is 6.15. The molecule has 0 saturated heterocycles. The third-order valence-corrected chi connectivity index (χ3v) is 4.33. The Labute approximate surface area is 145 Å². The molecular weight excluding hydrogens is 314 g/mol. The maximum absolute atomic E-state index is 11.7. The Morgan fingerprint density at radius 2 is 1.92 bits per heavy atom. The van der Waals surface area contributed by atoms with Gasteiger partial charge in [0.1, 0.15) is 0 Å². The van der Waals surface area contributed by atoms with Crippen LogP contribution in [0.5, 0.6) is 0 Å². The second-order valence-electron chi connectivity index (χ2n) is 6.15. The predicted molar refractivity (Wildman–Crippen MR) is 96.1 cm³/mol. The van der Waals surface area contributed by atoms with Crippen LogP contribution in [-0.4, -0.2) is 21.0 Å². The molecule has 0 atom stereocenters. The quantitative estimate of drug-likeness (QED) is 0.722. The van der Waals surface area contributed by atoms with Crippen LogP contribution < -0.4 is 5.32 Å². The maximum atomic E-state index is 11.7. The fourth-order valence-electron chi connectivity index (χ4n) is 2.90. The summed E-state index contributed by atoms with van der Waals surface area (Å²) in [6.45, 7) is 0. The highest BCUT2D eigenvalue weighted by Crippen LogP contribution is 2.41. The number of anilines is 2.